The molecule has 0 amide bonds. The van der Waals surface area contributed by atoms with E-state index in [0.717, 1.165) is 18.1 Å². The van der Waals surface area contributed by atoms with Crippen LogP contribution in [0.2, 0.25) is 0 Å². The van der Waals surface area contributed by atoms with Crippen molar-refractivity contribution in [3.63, 3.8) is 0 Å². The van der Waals surface area contributed by atoms with Crippen LogP contribution in [-0.4, -0.2) is 61.2 Å². The first-order valence-electron chi connectivity index (χ1n) is 6.36. The Hall–Kier alpha value is -0.120. The van der Waals surface area contributed by atoms with E-state index in [1.54, 1.807) is 0 Å². The summed E-state index contributed by atoms with van der Waals surface area (Å²) >= 11 is 0. The molecule has 15 heavy (non-hydrogen) atoms. The molecule has 3 nitrogen and oxygen atoms in total. The fourth-order valence-corrected chi connectivity index (χ4v) is 3.69. The lowest BCUT2D eigenvalue weighted by molar-refractivity contribution is -0.859. The predicted octanol–water partition coefficient (Wildman–Crippen LogP) is -0.786. The van der Waals surface area contributed by atoms with Crippen LogP contribution in [-0.2, 0) is 0 Å². The second kappa shape index (κ2) is 3.72. The zero-order chi connectivity index (χ0) is 10.4. The number of piperidine rings is 1. The first-order valence-corrected chi connectivity index (χ1v) is 6.36. The molecule has 3 rings (SSSR count). The van der Waals surface area contributed by atoms with Gasteiger partial charge in [-0.3, -0.25) is 4.90 Å². The van der Waals surface area contributed by atoms with Crippen LogP contribution < -0.4 is 4.90 Å². The number of nitrogens with zero attached hydrogens (tertiary/aromatic N) is 2. The van der Waals surface area contributed by atoms with Gasteiger partial charge < -0.3 is 9.80 Å². The number of rotatable bonds is 1. The lowest BCUT2D eigenvalue weighted by Gasteiger charge is -2.41. The van der Waals surface area contributed by atoms with Crippen molar-refractivity contribution < 1.29 is 4.90 Å². The minimum Gasteiger partial charge on any atom is -0.468 e. The third-order valence-electron chi connectivity index (χ3n) is 4.69. The van der Waals surface area contributed by atoms with Crippen LogP contribution in [0.5, 0.6) is 0 Å². The zero-order valence-corrected chi connectivity index (χ0v) is 9.78. The molecule has 1 N–H and O–H groups in total. The van der Waals surface area contributed by atoms with E-state index >= 15 is 0 Å². The second-order valence-electron chi connectivity index (χ2n) is 5.66. The van der Waals surface area contributed by atoms with Crippen LogP contribution in [0.4, 0.5) is 0 Å². The number of nitrogens with one attached hydrogen (secondary N) is 1. The average Bonchev–Trinajstić information content (AvgIpc) is 2.77. The van der Waals surface area contributed by atoms with E-state index in [9.17, 15) is 0 Å². The van der Waals surface area contributed by atoms with Gasteiger partial charge in [-0.25, -0.2) is 0 Å². The van der Waals surface area contributed by atoms with Crippen molar-refractivity contribution in [2.24, 2.45) is 0 Å². The van der Waals surface area contributed by atoms with Crippen LogP contribution in [0.25, 0.3) is 0 Å². The van der Waals surface area contributed by atoms with Gasteiger partial charge in [0.2, 0.25) is 0 Å². The first kappa shape index (κ1) is 10.1. The van der Waals surface area contributed by atoms with Crippen molar-refractivity contribution in [1.82, 2.24) is 9.80 Å². The summed E-state index contributed by atoms with van der Waals surface area (Å²) in [7, 11) is 6.39. The highest BCUT2D eigenvalue weighted by molar-refractivity contribution is 5.00. The van der Waals surface area contributed by atoms with Gasteiger partial charge >= 0.3 is 0 Å². The summed E-state index contributed by atoms with van der Waals surface area (Å²) in [4.78, 5) is 6.83. The molecule has 2 unspecified atom stereocenters. The Morgan fingerprint density at radius 2 is 1.80 bits per heavy atom. The molecule has 2 bridgehead atoms. The van der Waals surface area contributed by atoms with Gasteiger partial charge in [0.15, 0.2) is 0 Å². The Kier molecular flexibility index (Phi) is 2.49. The van der Waals surface area contributed by atoms with Crippen molar-refractivity contribution in [3.8, 4) is 0 Å². The van der Waals surface area contributed by atoms with Crippen molar-refractivity contribution in [3.05, 3.63) is 7.05 Å². The quantitative estimate of drug-likeness (QED) is 0.568. The predicted molar refractivity (Wildman–Crippen MR) is 60.6 cm³/mol. The lowest BCUT2D eigenvalue weighted by atomic mass is 10.0. The Bertz CT molecular complexity index is 233. The normalized spacial score (nSPS) is 47.6. The van der Waals surface area contributed by atoms with Crippen LogP contribution in [0, 0.1) is 7.05 Å². The van der Waals surface area contributed by atoms with E-state index < -0.39 is 0 Å². The van der Waals surface area contributed by atoms with Crippen molar-refractivity contribution in [2.45, 2.75) is 37.4 Å². The highest BCUT2D eigenvalue weighted by atomic mass is 15.4. The maximum absolute atomic E-state index is 4.11. The molecule has 3 saturated heterocycles. The molecule has 0 aromatic rings. The van der Waals surface area contributed by atoms with Gasteiger partial charge in [0.05, 0.1) is 13.1 Å². The SMILES string of the molecule is [CH2-][NH+]1CCC(N2CC3CC2CN3C)CC1. The molecule has 3 heterocycles. The number of likely N-dealkylation sites (N-methyl/N-ethyl adjacent to an activating group) is 1. The Morgan fingerprint density at radius 3 is 2.33 bits per heavy atom. The van der Waals surface area contributed by atoms with Gasteiger partial charge in [-0.05, 0) is 13.5 Å². The number of quaternary nitrogens is 1. The van der Waals surface area contributed by atoms with Crippen molar-refractivity contribution in [1.29, 1.82) is 0 Å². The molecule has 2 atom stereocenters. The summed E-state index contributed by atoms with van der Waals surface area (Å²) < 4.78 is 0. The van der Waals surface area contributed by atoms with E-state index in [1.165, 1.54) is 50.3 Å². The van der Waals surface area contributed by atoms with E-state index in [1.807, 2.05) is 0 Å². The van der Waals surface area contributed by atoms with Crippen LogP contribution in [0.1, 0.15) is 19.3 Å². The Labute approximate surface area is 93.0 Å². The second-order valence-corrected chi connectivity index (χ2v) is 5.66. The molecule has 86 valence electrons. The summed E-state index contributed by atoms with van der Waals surface area (Å²) in [5, 5.41) is 0. The summed E-state index contributed by atoms with van der Waals surface area (Å²) in [6.07, 6.45) is 4.16. The topological polar surface area (TPSA) is 10.9 Å². The molecular formula is C12H23N3. The highest BCUT2D eigenvalue weighted by Gasteiger charge is 2.44. The smallest absolute Gasteiger partial charge is 0.0545 e. The number of hydrogen-bond acceptors (Lipinski definition) is 2. The molecule has 0 radical (unpaired) electrons. The van der Waals surface area contributed by atoms with E-state index in [2.05, 4.69) is 23.9 Å². The van der Waals surface area contributed by atoms with Crippen molar-refractivity contribution >= 4 is 0 Å². The minimum absolute atomic E-state index is 0.861. The van der Waals surface area contributed by atoms with Gasteiger partial charge in [-0.15, -0.1) is 0 Å². The molecule has 3 fully saturated rings. The molecule has 3 aliphatic rings. The molecule has 0 saturated carbocycles. The van der Waals surface area contributed by atoms with Crippen LogP contribution >= 0.6 is 0 Å². The summed E-state index contributed by atoms with van der Waals surface area (Å²) in [5.74, 6) is 0. The van der Waals surface area contributed by atoms with Gasteiger partial charge in [0.25, 0.3) is 0 Å². The molecule has 0 aliphatic carbocycles. The molecule has 3 heteroatoms. The average molecular weight is 209 g/mol. The van der Waals surface area contributed by atoms with Gasteiger partial charge in [-0.2, -0.15) is 7.05 Å². The fraction of sp³-hybridized carbons (Fsp3) is 0.917. The molecule has 3 aliphatic heterocycles. The molecule has 0 aromatic carbocycles. The van der Waals surface area contributed by atoms with Gasteiger partial charge in [0.1, 0.15) is 0 Å². The third kappa shape index (κ3) is 1.71. The molecular weight excluding hydrogens is 186 g/mol. The standard InChI is InChI=1S/C12H23N3/c1-13-5-3-10(4-6-13)15-9-11-7-12(15)8-14(11)2/h10-13H,1,3-9H2,2H3. The number of likely N-dealkylation sites (tertiary alicyclic amines) is 3. The van der Waals surface area contributed by atoms with Crippen molar-refractivity contribution in [2.75, 3.05) is 33.2 Å². The highest BCUT2D eigenvalue weighted by Crippen LogP contribution is 2.32. The summed E-state index contributed by atoms with van der Waals surface area (Å²) in [6, 6.07) is 2.61. The van der Waals surface area contributed by atoms with Gasteiger partial charge in [0, 0.05) is 44.1 Å². The van der Waals surface area contributed by atoms with Crippen LogP contribution in [0.15, 0.2) is 0 Å². The maximum Gasteiger partial charge on any atom is 0.0545 e. The lowest BCUT2D eigenvalue weighted by Crippen LogP contribution is -3.08. The number of piperazine rings is 1. The monoisotopic (exact) mass is 209 g/mol. The number of fused-ring (bicyclic) bond motifs is 2. The molecule has 0 spiro atoms. The zero-order valence-electron chi connectivity index (χ0n) is 9.78. The summed E-state index contributed by atoms with van der Waals surface area (Å²) in [6.45, 7) is 5.18. The Morgan fingerprint density at radius 1 is 1.07 bits per heavy atom. The number of hydrogen-bond donors (Lipinski definition) is 1. The summed E-state index contributed by atoms with van der Waals surface area (Å²) in [5.41, 5.74) is 0. The fourth-order valence-electron chi connectivity index (χ4n) is 3.69. The van der Waals surface area contributed by atoms with E-state index in [4.69, 9.17) is 0 Å². The van der Waals surface area contributed by atoms with E-state index in [-0.39, 0.29) is 0 Å². The Balaban J connectivity index is 1.61. The third-order valence-corrected chi connectivity index (χ3v) is 4.69. The van der Waals surface area contributed by atoms with Gasteiger partial charge in [-0.1, -0.05) is 0 Å². The first-order chi connectivity index (χ1) is 7.24. The largest absolute Gasteiger partial charge is 0.468 e. The maximum atomic E-state index is 4.11. The minimum atomic E-state index is 0.861. The van der Waals surface area contributed by atoms with E-state index in [0.29, 0.717) is 0 Å². The molecule has 0 aromatic heterocycles. The van der Waals surface area contributed by atoms with Crippen LogP contribution in [0.3, 0.4) is 0 Å².